The maximum atomic E-state index is 11.6. The lowest BCUT2D eigenvalue weighted by molar-refractivity contribution is -0.137. The summed E-state index contributed by atoms with van der Waals surface area (Å²) in [7, 11) is 0. The summed E-state index contributed by atoms with van der Waals surface area (Å²) in [5.74, 6) is 1.04. The molecule has 9 heteroatoms. The van der Waals surface area contributed by atoms with Gasteiger partial charge < -0.3 is 15.2 Å². The fraction of sp³-hybridized carbons (Fsp3) is 0.346. The molecule has 2 atom stereocenters. The molecule has 4 heterocycles. The molecule has 0 fully saturated rings. The summed E-state index contributed by atoms with van der Waals surface area (Å²) in [5, 5.41) is 18.3. The largest absolute Gasteiger partial charge is 0.493 e. The van der Waals surface area contributed by atoms with E-state index in [0.29, 0.717) is 30.3 Å². The predicted molar refractivity (Wildman–Crippen MR) is 132 cm³/mol. The van der Waals surface area contributed by atoms with Gasteiger partial charge in [-0.05, 0) is 49.6 Å². The minimum atomic E-state index is -0.916. The van der Waals surface area contributed by atoms with E-state index in [1.165, 1.54) is 0 Å². The second-order valence-corrected chi connectivity index (χ2v) is 9.07. The molecule has 5 rings (SSSR count). The number of aliphatic carboxylic acids is 1. The van der Waals surface area contributed by atoms with Crippen LogP contribution in [-0.2, 0) is 17.6 Å². The van der Waals surface area contributed by atoms with Gasteiger partial charge in [-0.15, -0.1) is 0 Å². The van der Waals surface area contributed by atoms with Gasteiger partial charge in [0.25, 0.3) is 0 Å². The van der Waals surface area contributed by atoms with Crippen LogP contribution in [0.15, 0.2) is 48.9 Å². The number of aromatic nitrogens is 5. The standard InChI is InChI=1S/C26H28N6O3/c1-16-9-23-22(29-12-16)5-3-20(31-23)7-8-35-21-4-6-24-18(10-21)15-30-32(24)25(11-26(33)34)19-13-27-17(2)28-14-19/h3-6,10,13-16,25,29H,7-9,11-12H2,1-2H3,(H,33,34)/t16-,25+/m0/s1. The molecular weight excluding hydrogens is 444 g/mol. The first-order valence-electron chi connectivity index (χ1n) is 11.8. The number of hydrogen-bond donors (Lipinski definition) is 2. The van der Waals surface area contributed by atoms with Crippen molar-refractivity contribution in [1.82, 2.24) is 24.7 Å². The number of anilines is 1. The van der Waals surface area contributed by atoms with E-state index in [4.69, 9.17) is 9.72 Å². The lowest BCUT2D eigenvalue weighted by Gasteiger charge is -2.22. The minimum Gasteiger partial charge on any atom is -0.493 e. The first-order chi connectivity index (χ1) is 17.0. The molecular formula is C26H28N6O3. The summed E-state index contributed by atoms with van der Waals surface area (Å²) in [5.41, 5.74) is 4.80. The SMILES string of the molecule is Cc1ncc([C@@H](CC(=O)O)n2ncc3cc(OCCc4ccc5c(n4)C[C@H](C)CN5)ccc32)cn1. The molecule has 0 radical (unpaired) electrons. The van der Waals surface area contributed by atoms with Gasteiger partial charge in [-0.1, -0.05) is 6.92 Å². The molecule has 180 valence electrons. The second kappa shape index (κ2) is 9.69. The Morgan fingerprint density at radius 1 is 1.23 bits per heavy atom. The van der Waals surface area contributed by atoms with E-state index in [9.17, 15) is 9.90 Å². The van der Waals surface area contributed by atoms with Crippen LogP contribution < -0.4 is 10.1 Å². The van der Waals surface area contributed by atoms with Gasteiger partial charge in [0.05, 0.1) is 42.2 Å². The number of rotatable bonds is 8. The van der Waals surface area contributed by atoms with Crippen molar-refractivity contribution in [2.24, 2.45) is 5.92 Å². The Morgan fingerprint density at radius 2 is 2.06 bits per heavy atom. The van der Waals surface area contributed by atoms with Gasteiger partial charge in [-0.25, -0.2) is 9.97 Å². The van der Waals surface area contributed by atoms with Gasteiger partial charge in [0.2, 0.25) is 0 Å². The normalized spacial score (nSPS) is 15.9. The molecule has 1 aliphatic heterocycles. The third-order valence-corrected chi connectivity index (χ3v) is 6.26. The van der Waals surface area contributed by atoms with Crippen LogP contribution in [-0.4, -0.2) is 49.0 Å². The topological polar surface area (TPSA) is 115 Å². The molecule has 0 saturated carbocycles. The summed E-state index contributed by atoms with van der Waals surface area (Å²) in [4.78, 5) is 24.8. The minimum absolute atomic E-state index is 0.121. The number of fused-ring (bicyclic) bond motifs is 2. The molecule has 0 spiro atoms. The number of hydrogen-bond acceptors (Lipinski definition) is 7. The number of nitrogens with zero attached hydrogens (tertiary/aromatic N) is 5. The van der Waals surface area contributed by atoms with E-state index >= 15 is 0 Å². The summed E-state index contributed by atoms with van der Waals surface area (Å²) in [6.07, 6.45) is 6.63. The molecule has 1 aliphatic rings. The van der Waals surface area contributed by atoms with Gasteiger partial charge in [-0.2, -0.15) is 5.10 Å². The van der Waals surface area contributed by atoms with Crippen molar-refractivity contribution in [3.8, 4) is 5.75 Å². The van der Waals surface area contributed by atoms with Gasteiger partial charge in [0, 0.05) is 42.0 Å². The molecule has 35 heavy (non-hydrogen) atoms. The summed E-state index contributed by atoms with van der Waals surface area (Å²) < 4.78 is 7.72. The number of nitrogens with one attached hydrogen (secondary N) is 1. The number of carboxylic acids is 1. The fourth-order valence-corrected chi connectivity index (χ4v) is 4.42. The van der Waals surface area contributed by atoms with Crippen molar-refractivity contribution in [1.29, 1.82) is 0 Å². The second-order valence-electron chi connectivity index (χ2n) is 9.07. The van der Waals surface area contributed by atoms with E-state index in [-0.39, 0.29) is 6.42 Å². The maximum Gasteiger partial charge on any atom is 0.305 e. The number of pyridine rings is 1. The van der Waals surface area contributed by atoms with Crippen LogP contribution >= 0.6 is 0 Å². The van der Waals surface area contributed by atoms with Crippen LogP contribution in [0.4, 0.5) is 5.69 Å². The number of carboxylic acid groups (broad SMARTS) is 1. The molecule has 3 aromatic heterocycles. The highest BCUT2D eigenvalue weighted by Crippen LogP contribution is 2.28. The van der Waals surface area contributed by atoms with E-state index < -0.39 is 12.0 Å². The zero-order valence-corrected chi connectivity index (χ0v) is 19.8. The van der Waals surface area contributed by atoms with Crippen LogP contribution in [0.5, 0.6) is 5.75 Å². The molecule has 2 N–H and O–H groups in total. The Kier molecular flexibility index (Phi) is 6.31. The van der Waals surface area contributed by atoms with Crippen LogP contribution in [0.3, 0.4) is 0 Å². The summed E-state index contributed by atoms with van der Waals surface area (Å²) in [6, 6.07) is 9.37. The van der Waals surface area contributed by atoms with E-state index in [1.807, 2.05) is 18.2 Å². The lowest BCUT2D eigenvalue weighted by Crippen LogP contribution is -2.22. The monoisotopic (exact) mass is 472 g/mol. The van der Waals surface area contributed by atoms with E-state index in [2.05, 4.69) is 39.4 Å². The number of aryl methyl sites for hydroxylation is 1. The molecule has 0 saturated heterocycles. The average Bonchev–Trinajstić information content (AvgIpc) is 3.26. The Balaban J connectivity index is 1.29. The molecule has 0 bridgehead atoms. The highest BCUT2D eigenvalue weighted by Gasteiger charge is 2.21. The van der Waals surface area contributed by atoms with Crippen molar-refractivity contribution in [2.45, 2.75) is 39.2 Å². The molecule has 0 amide bonds. The fourth-order valence-electron chi connectivity index (χ4n) is 4.42. The maximum absolute atomic E-state index is 11.6. The van der Waals surface area contributed by atoms with Crippen molar-refractivity contribution < 1.29 is 14.6 Å². The molecule has 0 unspecified atom stereocenters. The average molecular weight is 473 g/mol. The van der Waals surface area contributed by atoms with Crippen LogP contribution in [0.1, 0.15) is 42.2 Å². The summed E-state index contributed by atoms with van der Waals surface area (Å²) in [6.45, 7) is 5.52. The number of carbonyl (C=O) groups is 1. The summed E-state index contributed by atoms with van der Waals surface area (Å²) >= 11 is 0. The Hall–Kier alpha value is -4.01. The molecule has 9 nitrogen and oxygen atoms in total. The first kappa shape index (κ1) is 22.8. The van der Waals surface area contributed by atoms with Crippen molar-refractivity contribution in [2.75, 3.05) is 18.5 Å². The van der Waals surface area contributed by atoms with Gasteiger partial charge in [0.1, 0.15) is 11.6 Å². The molecule has 0 aliphatic carbocycles. The van der Waals surface area contributed by atoms with Crippen molar-refractivity contribution in [3.05, 3.63) is 71.7 Å². The first-order valence-corrected chi connectivity index (χ1v) is 11.8. The zero-order valence-electron chi connectivity index (χ0n) is 19.8. The van der Waals surface area contributed by atoms with Crippen molar-refractivity contribution >= 4 is 22.6 Å². The molecule has 1 aromatic carbocycles. The smallest absolute Gasteiger partial charge is 0.305 e. The Bertz CT molecular complexity index is 1350. The quantitative estimate of drug-likeness (QED) is 0.398. The van der Waals surface area contributed by atoms with Crippen LogP contribution in [0.2, 0.25) is 0 Å². The van der Waals surface area contributed by atoms with Gasteiger partial charge >= 0.3 is 5.97 Å². The van der Waals surface area contributed by atoms with Gasteiger partial charge in [0.15, 0.2) is 0 Å². The van der Waals surface area contributed by atoms with Crippen LogP contribution in [0, 0.1) is 12.8 Å². The van der Waals surface area contributed by atoms with E-state index in [1.54, 1.807) is 30.2 Å². The van der Waals surface area contributed by atoms with Crippen LogP contribution in [0.25, 0.3) is 10.9 Å². The lowest BCUT2D eigenvalue weighted by atomic mass is 9.99. The predicted octanol–water partition coefficient (Wildman–Crippen LogP) is 3.82. The number of benzene rings is 1. The third-order valence-electron chi connectivity index (χ3n) is 6.26. The van der Waals surface area contributed by atoms with E-state index in [0.717, 1.165) is 46.7 Å². The van der Waals surface area contributed by atoms with Crippen molar-refractivity contribution in [3.63, 3.8) is 0 Å². The van der Waals surface area contributed by atoms with Gasteiger partial charge in [-0.3, -0.25) is 14.5 Å². The molecule has 4 aromatic rings. The Labute approximate surface area is 203 Å². The zero-order chi connectivity index (χ0) is 24.4. The highest BCUT2D eigenvalue weighted by atomic mass is 16.5. The third kappa shape index (κ3) is 5.08. The Morgan fingerprint density at radius 3 is 2.86 bits per heavy atom. The highest BCUT2D eigenvalue weighted by molar-refractivity contribution is 5.81. The number of ether oxygens (including phenoxy) is 1.